The fraction of sp³-hybridized carbons (Fsp3) is 0.947. The van der Waals surface area contributed by atoms with Gasteiger partial charge in [0.1, 0.15) is 73.2 Å². The summed E-state index contributed by atoms with van der Waals surface area (Å²) in [5.41, 5.74) is 0. The first-order valence-corrected chi connectivity index (χ1v) is 48.1. The van der Waals surface area contributed by atoms with Gasteiger partial charge in [-0.05, 0) is 32.1 Å². The van der Waals surface area contributed by atoms with Crippen molar-refractivity contribution >= 4 is 5.91 Å². The molecule has 3 saturated heterocycles. The fourth-order valence-electron chi connectivity index (χ4n) is 16.6. The SMILES string of the molecule is CCCCCCCCCCCCCCCCCCCCCCCCCCCC/C=C/CC/C=C/C(O)C(COC1OC(CO)C(OC2OC(CO)C(OC3OC(CO)C(O)C(O)C3O)C(O)C2O)C(O)C1O)NC(=O)CCCCCCCCCCCCCCCCCCCCCCCCCCCCCCCCCCCCCC. The summed E-state index contributed by atoms with van der Waals surface area (Å²) < 4.78 is 34.5. The normalized spacial score (nSPS) is 24.8. The molecule has 3 heterocycles. The van der Waals surface area contributed by atoms with Crippen LogP contribution in [-0.2, 0) is 33.2 Å². The number of carbonyl (C=O) groups excluding carboxylic acids is 1. The lowest BCUT2D eigenvalue weighted by molar-refractivity contribution is -0.379. The van der Waals surface area contributed by atoms with Gasteiger partial charge in [-0.25, -0.2) is 0 Å². The van der Waals surface area contributed by atoms with Gasteiger partial charge < -0.3 is 89.9 Å². The minimum absolute atomic E-state index is 0.242. The second kappa shape index (κ2) is 74.1. The zero-order chi connectivity index (χ0) is 81.7. The van der Waals surface area contributed by atoms with Crippen molar-refractivity contribution < 1.29 is 89.4 Å². The van der Waals surface area contributed by atoms with E-state index in [0.717, 1.165) is 38.5 Å². The highest BCUT2D eigenvalue weighted by molar-refractivity contribution is 5.76. The van der Waals surface area contributed by atoms with Crippen LogP contribution in [0.4, 0.5) is 0 Å². The van der Waals surface area contributed by atoms with Crippen LogP contribution in [0.15, 0.2) is 24.3 Å². The highest BCUT2D eigenvalue weighted by Crippen LogP contribution is 2.34. The number of amides is 1. The Kier molecular flexibility index (Phi) is 69.2. The van der Waals surface area contributed by atoms with Crippen LogP contribution in [0.5, 0.6) is 0 Å². The number of rotatable bonds is 80. The van der Waals surface area contributed by atoms with Gasteiger partial charge in [0.15, 0.2) is 18.9 Å². The second-order valence-electron chi connectivity index (χ2n) is 34.5. The first-order chi connectivity index (χ1) is 55.3. The van der Waals surface area contributed by atoms with Gasteiger partial charge in [-0.2, -0.15) is 0 Å². The molecule has 668 valence electrons. The van der Waals surface area contributed by atoms with Crippen LogP contribution >= 0.6 is 0 Å². The summed E-state index contributed by atoms with van der Waals surface area (Å²) in [6, 6.07) is -0.990. The second-order valence-corrected chi connectivity index (χ2v) is 34.5. The average molecular weight is 1610 g/mol. The van der Waals surface area contributed by atoms with Crippen molar-refractivity contribution in [3.63, 3.8) is 0 Å². The van der Waals surface area contributed by atoms with Gasteiger partial charge in [0, 0.05) is 6.42 Å². The third-order valence-corrected chi connectivity index (χ3v) is 24.3. The van der Waals surface area contributed by atoms with Crippen molar-refractivity contribution in [1.29, 1.82) is 0 Å². The Balaban J connectivity index is 1.31. The van der Waals surface area contributed by atoms with E-state index < -0.39 is 124 Å². The first kappa shape index (κ1) is 105. The molecule has 113 heavy (non-hydrogen) atoms. The predicted octanol–water partition coefficient (Wildman–Crippen LogP) is 19.2. The lowest BCUT2D eigenvalue weighted by Crippen LogP contribution is -2.66. The van der Waals surface area contributed by atoms with Crippen molar-refractivity contribution in [2.24, 2.45) is 0 Å². The first-order valence-electron chi connectivity index (χ1n) is 48.1. The maximum Gasteiger partial charge on any atom is 0.220 e. The van der Waals surface area contributed by atoms with Crippen LogP contribution in [0.1, 0.15) is 438 Å². The summed E-state index contributed by atoms with van der Waals surface area (Å²) in [6.45, 7) is 1.81. The standard InChI is InChI=1S/C94H179NO18/c1-3-5-7-9-11-13-15-17-19-21-23-25-27-29-31-33-35-37-38-39-40-42-44-46-48-50-52-54-56-58-60-62-64-66-68-70-72-82(100)95-77(78(99)71-69-67-65-63-61-59-57-55-53-51-49-47-45-43-41-36-34-32-30-28-26-24-22-20-18-16-14-12-10-8-6-4-2)76-108-92-88(106)85(103)90(80(74-97)110-92)113-94-89(107)86(104)91(81(75-98)111-94)112-93-87(105)84(102)83(101)79(73-96)109-93/h61,63,69,71,77-81,83-94,96-99,101-107H,3-60,62,64-68,70,72-76H2,1-2H3,(H,95,100)/b63-61+,71-69+. The van der Waals surface area contributed by atoms with Crippen LogP contribution in [0.3, 0.4) is 0 Å². The van der Waals surface area contributed by atoms with Crippen molar-refractivity contribution in [2.45, 2.75) is 542 Å². The largest absolute Gasteiger partial charge is 0.394 e. The summed E-state index contributed by atoms with van der Waals surface area (Å²) in [5.74, 6) is -0.275. The molecule has 3 aliphatic heterocycles. The Bertz CT molecular complexity index is 2130. The average Bonchev–Trinajstić information content (AvgIpc) is 0.780. The van der Waals surface area contributed by atoms with Crippen LogP contribution in [0.2, 0.25) is 0 Å². The zero-order valence-corrected chi connectivity index (χ0v) is 72.4. The Hall–Kier alpha value is -1.73. The number of carbonyl (C=O) groups is 1. The third-order valence-electron chi connectivity index (χ3n) is 24.3. The van der Waals surface area contributed by atoms with Crippen LogP contribution in [0.25, 0.3) is 0 Å². The summed E-state index contributed by atoms with van der Waals surface area (Å²) >= 11 is 0. The number of hydrogen-bond acceptors (Lipinski definition) is 18. The minimum atomic E-state index is -1.98. The van der Waals surface area contributed by atoms with Crippen LogP contribution in [-0.4, -0.2) is 193 Å². The van der Waals surface area contributed by atoms with E-state index in [2.05, 4.69) is 31.3 Å². The van der Waals surface area contributed by atoms with E-state index in [-0.39, 0.29) is 18.9 Å². The summed E-state index contributed by atoms with van der Waals surface area (Å²) in [5, 5.41) is 121. The molecule has 17 atom stereocenters. The Labute approximate surface area is 689 Å². The Morgan fingerprint density at radius 3 is 0.885 bits per heavy atom. The number of allylic oxidation sites excluding steroid dienone is 3. The molecule has 0 aliphatic carbocycles. The molecule has 0 aromatic rings. The van der Waals surface area contributed by atoms with E-state index in [1.165, 1.54) is 366 Å². The number of aliphatic hydroxyl groups is 11. The van der Waals surface area contributed by atoms with Gasteiger partial charge in [-0.15, -0.1) is 0 Å². The van der Waals surface area contributed by atoms with Gasteiger partial charge in [-0.3, -0.25) is 4.79 Å². The van der Waals surface area contributed by atoms with Crippen molar-refractivity contribution in [2.75, 3.05) is 26.4 Å². The fourth-order valence-corrected chi connectivity index (χ4v) is 16.6. The molecule has 19 nitrogen and oxygen atoms in total. The molecular formula is C94H179NO18. The smallest absolute Gasteiger partial charge is 0.220 e. The molecule has 0 radical (unpaired) electrons. The molecule has 19 heteroatoms. The van der Waals surface area contributed by atoms with Crippen LogP contribution < -0.4 is 5.32 Å². The topological polar surface area (TPSA) is 307 Å². The summed E-state index contributed by atoms with van der Waals surface area (Å²) in [7, 11) is 0. The number of ether oxygens (including phenoxy) is 6. The molecule has 12 N–H and O–H groups in total. The summed E-state index contributed by atoms with van der Waals surface area (Å²) in [4.78, 5) is 13.5. The number of nitrogens with one attached hydrogen (secondary N) is 1. The molecular weight excluding hydrogens is 1430 g/mol. The van der Waals surface area contributed by atoms with Gasteiger partial charge >= 0.3 is 0 Å². The van der Waals surface area contributed by atoms with Gasteiger partial charge in [0.2, 0.25) is 5.91 Å². The monoisotopic (exact) mass is 1610 g/mol. The third kappa shape index (κ3) is 52.3. The zero-order valence-electron chi connectivity index (χ0n) is 72.4. The Morgan fingerprint density at radius 2 is 0.566 bits per heavy atom. The van der Waals surface area contributed by atoms with Gasteiger partial charge in [-0.1, -0.05) is 423 Å². The Morgan fingerprint density at radius 1 is 0.310 bits per heavy atom. The molecule has 3 fully saturated rings. The lowest BCUT2D eigenvalue weighted by atomic mass is 9.96. The van der Waals surface area contributed by atoms with E-state index in [9.17, 15) is 61.0 Å². The quantitative estimate of drug-likeness (QED) is 0.0199. The highest BCUT2D eigenvalue weighted by Gasteiger charge is 2.54. The van der Waals surface area contributed by atoms with E-state index in [4.69, 9.17) is 28.4 Å². The number of unbranched alkanes of at least 4 members (excludes halogenated alkanes) is 62. The molecule has 3 aliphatic rings. The highest BCUT2D eigenvalue weighted by atomic mass is 16.8. The van der Waals surface area contributed by atoms with Gasteiger partial charge in [0.25, 0.3) is 0 Å². The van der Waals surface area contributed by atoms with Crippen molar-refractivity contribution in [3.05, 3.63) is 24.3 Å². The molecule has 0 saturated carbocycles. The van der Waals surface area contributed by atoms with E-state index in [1.54, 1.807) is 6.08 Å². The lowest BCUT2D eigenvalue weighted by Gasteiger charge is -2.48. The predicted molar refractivity (Wildman–Crippen MR) is 457 cm³/mol. The molecule has 0 spiro atoms. The van der Waals surface area contributed by atoms with E-state index >= 15 is 0 Å². The minimum Gasteiger partial charge on any atom is -0.394 e. The molecule has 17 unspecified atom stereocenters. The van der Waals surface area contributed by atoms with Crippen molar-refractivity contribution in [3.8, 4) is 0 Å². The molecule has 1 amide bonds. The van der Waals surface area contributed by atoms with E-state index in [0.29, 0.717) is 12.8 Å². The van der Waals surface area contributed by atoms with Crippen molar-refractivity contribution in [1.82, 2.24) is 5.32 Å². The maximum atomic E-state index is 13.5. The molecule has 0 aromatic heterocycles. The molecule has 0 aromatic carbocycles. The number of hydrogen-bond donors (Lipinski definition) is 12. The van der Waals surface area contributed by atoms with E-state index in [1.807, 2.05) is 6.08 Å². The maximum absolute atomic E-state index is 13.5. The number of aliphatic hydroxyl groups excluding tert-OH is 11. The molecule has 3 rings (SSSR count). The van der Waals surface area contributed by atoms with Crippen LogP contribution in [0, 0.1) is 0 Å². The summed E-state index contributed by atoms with van der Waals surface area (Å²) in [6.07, 6.45) is 68.0. The molecule has 0 bridgehead atoms. The van der Waals surface area contributed by atoms with Gasteiger partial charge in [0.05, 0.1) is 38.6 Å².